The third-order valence-electron chi connectivity index (χ3n) is 4.05. The van der Waals surface area contributed by atoms with E-state index in [1.165, 1.54) is 0 Å². The van der Waals surface area contributed by atoms with Gasteiger partial charge in [0.15, 0.2) is 5.82 Å². The molecule has 0 fully saturated rings. The Labute approximate surface area is 160 Å². The van der Waals surface area contributed by atoms with Crippen LogP contribution in [0.5, 0.6) is 0 Å². The molecule has 136 valence electrons. The lowest BCUT2D eigenvalue weighted by Crippen LogP contribution is -2.34. The molecule has 0 saturated heterocycles. The molecule has 27 heavy (non-hydrogen) atoms. The number of aromatic nitrogens is 2. The van der Waals surface area contributed by atoms with Gasteiger partial charge in [0, 0.05) is 17.0 Å². The van der Waals surface area contributed by atoms with Gasteiger partial charge in [0.05, 0.1) is 12.3 Å². The van der Waals surface area contributed by atoms with E-state index >= 15 is 0 Å². The van der Waals surface area contributed by atoms with Crippen LogP contribution in [-0.2, 0) is 16.2 Å². The Morgan fingerprint density at radius 2 is 1.89 bits per heavy atom. The van der Waals surface area contributed by atoms with Gasteiger partial charge >= 0.3 is 0 Å². The van der Waals surface area contributed by atoms with E-state index in [1.54, 1.807) is 12.1 Å². The van der Waals surface area contributed by atoms with Crippen molar-refractivity contribution in [1.29, 1.82) is 0 Å². The second-order valence-electron chi connectivity index (χ2n) is 5.94. The van der Waals surface area contributed by atoms with Gasteiger partial charge in [0.1, 0.15) is 0 Å². The summed E-state index contributed by atoms with van der Waals surface area (Å²) in [5, 5.41) is 11.3. The van der Waals surface area contributed by atoms with Gasteiger partial charge in [0.25, 0.3) is 11.8 Å². The molecule has 1 amide bonds. The second-order valence-corrected chi connectivity index (χ2v) is 6.38. The topological polar surface area (TPSA) is 89.6 Å². The summed E-state index contributed by atoms with van der Waals surface area (Å²) in [6.45, 7) is 0.144. The molecule has 1 aliphatic heterocycles. The highest BCUT2D eigenvalue weighted by molar-refractivity contribution is 6.30. The minimum Gasteiger partial charge on any atom is -0.382 e. The van der Waals surface area contributed by atoms with Gasteiger partial charge < -0.3 is 14.7 Å². The van der Waals surface area contributed by atoms with E-state index in [9.17, 15) is 4.79 Å². The van der Waals surface area contributed by atoms with Crippen LogP contribution in [0.4, 0.5) is 0 Å². The van der Waals surface area contributed by atoms with Gasteiger partial charge in [-0.25, -0.2) is 0 Å². The van der Waals surface area contributed by atoms with Crippen molar-refractivity contribution < 1.29 is 14.2 Å². The number of amides is 1. The first-order valence-corrected chi connectivity index (χ1v) is 8.71. The molecule has 7 nitrogen and oxygen atoms in total. The molecular weight excluding hydrogens is 368 g/mol. The average Bonchev–Trinajstić information content (AvgIpc) is 3.37. The molecule has 8 heteroatoms. The molecule has 0 radical (unpaired) electrons. The van der Waals surface area contributed by atoms with Crippen LogP contribution in [0.1, 0.15) is 17.8 Å². The third kappa shape index (κ3) is 3.98. The molecule has 2 heterocycles. The summed E-state index contributed by atoms with van der Waals surface area (Å²) in [6, 6.07) is 16.7. The van der Waals surface area contributed by atoms with Crippen LogP contribution in [0.25, 0.3) is 11.5 Å². The number of nitrogens with zero attached hydrogens (tertiary/aromatic N) is 3. The molecule has 0 spiro atoms. The summed E-state index contributed by atoms with van der Waals surface area (Å²) in [7, 11) is 0. The van der Waals surface area contributed by atoms with Crippen LogP contribution in [-0.4, -0.2) is 27.9 Å². The van der Waals surface area contributed by atoms with Crippen LogP contribution >= 0.6 is 11.6 Å². The van der Waals surface area contributed by atoms with Crippen molar-refractivity contribution in [3.63, 3.8) is 0 Å². The van der Waals surface area contributed by atoms with Gasteiger partial charge in [-0.15, -0.1) is 0 Å². The fourth-order valence-electron chi connectivity index (χ4n) is 2.63. The third-order valence-corrected chi connectivity index (χ3v) is 4.30. The number of oxime groups is 1. The molecule has 1 aromatic heterocycles. The number of carbonyl (C=O) groups excluding carboxylic acids is 1. The molecule has 0 bridgehead atoms. The lowest BCUT2D eigenvalue weighted by atomic mass is 10.0. The lowest BCUT2D eigenvalue weighted by molar-refractivity contribution is -0.131. The maximum Gasteiger partial charge on any atom is 0.264 e. The van der Waals surface area contributed by atoms with Gasteiger partial charge in [-0.3, -0.25) is 4.79 Å². The summed E-state index contributed by atoms with van der Waals surface area (Å²) in [6.07, 6.45) is -0.300. The number of nitrogens with one attached hydrogen (secondary N) is 1. The molecule has 1 atom stereocenters. The normalized spacial score (nSPS) is 15.9. The first-order valence-electron chi connectivity index (χ1n) is 8.33. The van der Waals surface area contributed by atoms with E-state index in [1.807, 2.05) is 42.5 Å². The van der Waals surface area contributed by atoms with Crippen molar-refractivity contribution in [2.45, 2.75) is 19.1 Å². The fourth-order valence-corrected chi connectivity index (χ4v) is 2.76. The maximum absolute atomic E-state index is 12.3. The Balaban J connectivity index is 1.32. The largest absolute Gasteiger partial charge is 0.382 e. The van der Waals surface area contributed by atoms with Gasteiger partial charge in [-0.1, -0.05) is 52.2 Å². The Bertz CT molecular complexity index is 970. The van der Waals surface area contributed by atoms with Crippen molar-refractivity contribution >= 4 is 23.2 Å². The number of hydrogen-bond acceptors (Lipinski definition) is 6. The maximum atomic E-state index is 12.3. The van der Waals surface area contributed by atoms with Gasteiger partial charge in [-0.05, 0) is 29.8 Å². The molecule has 0 aliphatic carbocycles. The highest BCUT2D eigenvalue weighted by atomic mass is 35.5. The zero-order valence-corrected chi connectivity index (χ0v) is 14.9. The monoisotopic (exact) mass is 382 g/mol. The van der Waals surface area contributed by atoms with Crippen LogP contribution in [0.15, 0.2) is 64.3 Å². The van der Waals surface area contributed by atoms with E-state index in [4.69, 9.17) is 21.0 Å². The standard InChI is InChI=1S/C19H15ClN4O3/c20-14-8-6-12(7-9-14)15-10-16(26-23-15)18(25)21-11-17-22-19(27-24-17)13-4-2-1-3-5-13/h1-9,16H,10-11H2,(H,21,25)/t16-/m0/s1. The summed E-state index contributed by atoms with van der Waals surface area (Å²) >= 11 is 5.88. The first kappa shape index (κ1) is 17.2. The van der Waals surface area contributed by atoms with E-state index in [-0.39, 0.29) is 12.5 Å². The molecule has 0 unspecified atom stereocenters. The first-order chi connectivity index (χ1) is 13.2. The zero-order valence-electron chi connectivity index (χ0n) is 14.1. The average molecular weight is 383 g/mol. The minimum atomic E-state index is -0.684. The summed E-state index contributed by atoms with van der Waals surface area (Å²) in [5.41, 5.74) is 2.40. The number of rotatable bonds is 5. The number of carbonyl (C=O) groups is 1. The predicted octanol–water partition coefficient (Wildman–Crippen LogP) is 3.20. The predicted molar refractivity (Wildman–Crippen MR) is 99.1 cm³/mol. The highest BCUT2D eigenvalue weighted by Gasteiger charge is 2.29. The number of benzene rings is 2. The van der Waals surface area contributed by atoms with Crippen molar-refractivity contribution in [2.75, 3.05) is 0 Å². The Kier molecular flexibility index (Phi) is 4.84. The number of halogens is 1. The Morgan fingerprint density at radius 3 is 2.67 bits per heavy atom. The summed E-state index contributed by atoms with van der Waals surface area (Å²) in [5.74, 6) is 0.512. The quantitative estimate of drug-likeness (QED) is 0.731. The Hall–Kier alpha value is -3.19. The van der Waals surface area contributed by atoms with E-state index in [0.29, 0.717) is 28.9 Å². The smallest absolute Gasteiger partial charge is 0.264 e. The molecule has 0 saturated carbocycles. The molecular formula is C19H15ClN4O3. The summed E-state index contributed by atoms with van der Waals surface area (Å²) in [4.78, 5) is 21.8. The van der Waals surface area contributed by atoms with Crippen molar-refractivity contribution in [1.82, 2.24) is 15.5 Å². The van der Waals surface area contributed by atoms with Crippen molar-refractivity contribution in [3.05, 3.63) is 71.0 Å². The number of hydrogen-bond donors (Lipinski definition) is 1. The molecule has 1 aliphatic rings. The van der Waals surface area contributed by atoms with E-state index in [0.717, 1.165) is 11.1 Å². The molecule has 4 rings (SSSR count). The fraction of sp³-hybridized carbons (Fsp3) is 0.158. The zero-order chi connectivity index (χ0) is 18.6. The molecule has 3 aromatic rings. The SMILES string of the molecule is O=C(NCc1noc(-c2ccccc2)n1)[C@@H]1CC(c2ccc(Cl)cc2)=NO1. The van der Waals surface area contributed by atoms with Crippen LogP contribution in [0.2, 0.25) is 5.02 Å². The van der Waals surface area contributed by atoms with Gasteiger partial charge in [-0.2, -0.15) is 4.98 Å². The second kappa shape index (κ2) is 7.59. The minimum absolute atomic E-state index is 0.144. The van der Waals surface area contributed by atoms with Crippen LogP contribution < -0.4 is 5.32 Å². The van der Waals surface area contributed by atoms with E-state index in [2.05, 4.69) is 20.6 Å². The Morgan fingerprint density at radius 1 is 1.11 bits per heavy atom. The van der Waals surface area contributed by atoms with Crippen molar-refractivity contribution in [3.8, 4) is 11.5 Å². The van der Waals surface area contributed by atoms with E-state index < -0.39 is 6.10 Å². The van der Waals surface area contributed by atoms with Gasteiger partial charge in [0.2, 0.25) is 6.10 Å². The molecule has 2 aromatic carbocycles. The lowest BCUT2D eigenvalue weighted by Gasteiger charge is -2.07. The van der Waals surface area contributed by atoms with Crippen LogP contribution in [0, 0.1) is 0 Å². The molecule has 1 N–H and O–H groups in total. The van der Waals surface area contributed by atoms with Crippen LogP contribution in [0.3, 0.4) is 0 Å². The van der Waals surface area contributed by atoms with Crippen molar-refractivity contribution in [2.24, 2.45) is 5.16 Å². The highest BCUT2D eigenvalue weighted by Crippen LogP contribution is 2.19. The summed E-state index contributed by atoms with van der Waals surface area (Å²) < 4.78 is 5.22.